The van der Waals surface area contributed by atoms with Crippen molar-refractivity contribution >= 4 is 27.8 Å². The lowest BCUT2D eigenvalue weighted by Gasteiger charge is -2.33. The van der Waals surface area contributed by atoms with Crippen LogP contribution in [-0.2, 0) is 6.54 Å². The molecule has 2 aliphatic rings. The minimum atomic E-state index is -0.125. The van der Waals surface area contributed by atoms with E-state index in [1.54, 1.807) is 12.1 Å². The van der Waals surface area contributed by atoms with E-state index in [0.29, 0.717) is 35.2 Å². The van der Waals surface area contributed by atoms with Crippen LogP contribution in [0.1, 0.15) is 53.2 Å². The molecule has 0 spiro atoms. The van der Waals surface area contributed by atoms with E-state index in [2.05, 4.69) is 27.8 Å². The molecule has 146 valence electrons. The van der Waals surface area contributed by atoms with Gasteiger partial charge in [-0.3, -0.25) is 9.69 Å². The Labute approximate surface area is 173 Å². The van der Waals surface area contributed by atoms with Crippen molar-refractivity contribution in [2.75, 3.05) is 6.54 Å². The number of ether oxygens (including phenoxy) is 1. The van der Waals surface area contributed by atoms with E-state index in [1.807, 2.05) is 31.2 Å². The number of rotatable bonds is 3. The number of phenols is 1. The quantitative estimate of drug-likeness (QED) is 0.642. The average Bonchev–Trinajstić information content (AvgIpc) is 2.97. The van der Waals surface area contributed by atoms with Gasteiger partial charge in [0.05, 0.1) is 11.1 Å². The molecule has 4 rings (SSSR count). The molecule has 4 nitrogen and oxygen atoms in total. The van der Waals surface area contributed by atoms with Gasteiger partial charge in [0, 0.05) is 17.1 Å². The van der Waals surface area contributed by atoms with Crippen molar-refractivity contribution in [2.24, 2.45) is 0 Å². The first-order chi connectivity index (χ1) is 13.4. The van der Waals surface area contributed by atoms with Gasteiger partial charge in [-0.15, -0.1) is 0 Å². The van der Waals surface area contributed by atoms with Crippen LogP contribution < -0.4 is 4.74 Å². The molecule has 1 saturated heterocycles. The standard InChI is InChI=1S/C23H24BrNO3/c1-14-10-19(26)18(13-25-9-4-3-6-15(25)2)23-21(14)22(27)20(28-23)12-16-7-5-8-17(24)11-16/h5,7-8,10-12,15,26H,3-4,6,9,13H2,1-2H3/b20-12-. The molecule has 0 aromatic heterocycles. The number of hydrogen-bond acceptors (Lipinski definition) is 4. The van der Waals surface area contributed by atoms with Gasteiger partial charge in [0.2, 0.25) is 5.78 Å². The van der Waals surface area contributed by atoms with Crippen molar-refractivity contribution in [2.45, 2.75) is 45.7 Å². The SMILES string of the molecule is Cc1cc(O)c(CN2CCCCC2C)c2c1C(=O)/C(=C/c1cccc(Br)c1)O2. The van der Waals surface area contributed by atoms with Gasteiger partial charge in [0.1, 0.15) is 11.5 Å². The zero-order chi connectivity index (χ0) is 19.8. The third-order valence-corrected chi connectivity index (χ3v) is 6.16. The summed E-state index contributed by atoms with van der Waals surface area (Å²) in [5.41, 5.74) is 2.91. The second-order valence-electron chi connectivity index (χ2n) is 7.71. The number of aromatic hydroxyl groups is 1. The highest BCUT2D eigenvalue weighted by molar-refractivity contribution is 9.10. The first-order valence-electron chi connectivity index (χ1n) is 9.73. The van der Waals surface area contributed by atoms with Crippen molar-refractivity contribution in [1.82, 2.24) is 4.90 Å². The Morgan fingerprint density at radius 1 is 1.32 bits per heavy atom. The molecule has 2 aromatic carbocycles. The number of halogens is 1. The highest BCUT2D eigenvalue weighted by Gasteiger charge is 2.34. The highest BCUT2D eigenvalue weighted by Crippen LogP contribution is 2.42. The van der Waals surface area contributed by atoms with E-state index in [-0.39, 0.29) is 11.5 Å². The summed E-state index contributed by atoms with van der Waals surface area (Å²) in [6.45, 7) is 5.65. The van der Waals surface area contributed by atoms with E-state index >= 15 is 0 Å². The Bertz CT molecular complexity index is 967. The van der Waals surface area contributed by atoms with E-state index in [9.17, 15) is 9.90 Å². The molecule has 0 aliphatic carbocycles. The van der Waals surface area contributed by atoms with E-state index in [4.69, 9.17) is 4.74 Å². The number of aryl methyl sites for hydroxylation is 1. The van der Waals surface area contributed by atoms with Crippen molar-refractivity contribution in [3.63, 3.8) is 0 Å². The number of nitrogens with zero attached hydrogens (tertiary/aromatic N) is 1. The van der Waals surface area contributed by atoms with Crippen LogP contribution in [0.3, 0.4) is 0 Å². The minimum absolute atomic E-state index is 0.125. The van der Waals surface area contributed by atoms with Crippen LogP contribution in [-0.4, -0.2) is 28.4 Å². The summed E-state index contributed by atoms with van der Waals surface area (Å²) >= 11 is 3.45. The fourth-order valence-corrected chi connectivity index (χ4v) is 4.49. The molecule has 1 N–H and O–H groups in total. The average molecular weight is 442 g/mol. The smallest absolute Gasteiger partial charge is 0.232 e. The Kier molecular flexibility index (Phi) is 5.30. The predicted octanol–water partition coefficient (Wildman–Crippen LogP) is 5.45. The Morgan fingerprint density at radius 3 is 2.89 bits per heavy atom. The maximum absolute atomic E-state index is 13.0. The van der Waals surface area contributed by atoms with Crippen LogP contribution in [0.25, 0.3) is 6.08 Å². The second-order valence-corrected chi connectivity index (χ2v) is 8.62. The minimum Gasteiger partial charge on any atom is -0.507 e. The molecule has 0 saturated carbocycles. The third-order valence-electron chi connectivity index (χ3n) is 5.67. The number of carbonyl (C=O) groups is 1. The number of allylic oxidation sites excluding steroid dienone is 1. The summed E-state index contributed by atoms with van der Waals surface area (Å²) in [5, 5.41) is 10.6. The molecule has 0 radical (unpaired) electrons. The van der Waals surface area contributed by atoms with Gasteiger partial charge in [-0.2, -0.15) is 0 Å². The van der Waals surface area contributed by atoms with Crippen LogP contribution >= 0.6 is 15.9 Å². The number of fused-ring (bicyclic) bond motifs is 1. The summed E-state index contributed by atoms with van der Waals surface area (Å²) in [5.74, 6) is 0.891. The van der Waals surface area contributed by atoms with Crippen molar-refractivity contribution in [3.05, 3.63) is 62.8 Å². The number of Topliss-reactive ketones (excluding diaryl/α,β-unsaturated/α-hetero) is 1. The lowest BCUT2D eigenvalue weighted by Crippen LogP contribution is -2.36. The molecular weight excluding hydrogens is 418 g/mol. The molecule has 2 aromatic rings. The molecule has 1 fully saturated rings. The molecule has 2 aliphatic heterocycles. The maximum atomic E-state index is 13.0. The normalized spacial score (nSPS) is 21.0. The number of likely N-dealkylation sites (tertiary alicyclic amines) is 1. The molecule has 2 heterocycles. The largest absolute Gasteiger partial charge is 0.507 e. The Hall–Kier alpha value is -2.11. The monoisotopic (exact) mass is 441 g/mol. The lowest BCUT2D eigenvalue weighted by molar-refractivity contribution is 0.101. The fraction of sp³-hybridized carbons (Fsp3) is 0.348. The highest BCUT2D eigenvalue weighted by atomic mass is 79.9. The molecule has 1 atom stereocenters. The first-order valence-corrected chi connectivity index (χ1v) is 10.5. The number of ketones is 1. The molecule has 0 bridgehead atoms. The number of benzene rings is 2. The van der Waals surface area contributed by atoms with Gasteiger partial charge in [-0.25, -0.2) is 0 Å². The molecule has 1 unspecified atom stereocenters. The molecule has 28 heavy (non-hydrogen) atoms. The van der Waals surface area contributed by atoms with Gasteiger partial charge in [0.15, 0.2) is 5.76 Å². The van der Waals surface area contributed by atoms with E-state index in [1.165, 1.54) is 6.42 Å². The first kappa shape index (κ1) is 19.2. The summed E-state index contributed by atoms with van der Waals surface area (Å²) < 4.78 is 6.99. The van der Waals surface area contributed by atoms with Gasteiger partial charge in [-0.1, -0.05) is 34.5 Å². The van der Waals surface area contributed by atoms with E-state index in [0.717, 1.165) is 35.0 Å². The van der Waals surface area contributed by atoms with Crippen LogP contribution in [0.15, 0.2) is 40.6 Å². The van der Waals surface area contributed by atoms with Gasteiger partial charge < -0.3 is 9.84 Å². The summed E-state index contributed by atoms with van der Waals surface area (Å²) in [4.78, 5) is 15.4. The summed E-state index contributed by atoms with van der Waals surface area (Å²) in [7, 11) is 0. The van der Waals surface area contributed by atoms with Gasteiger partial charge >= 0.3 is 0 Å². The fourth-order valence-electron chi connectivity index (χ4n) is 4.08. The van der Waals surface area contributed by atoms with Crippen LogP contribution in [0.2, 0.25) is 0 Å². The number of carbonyl (C=O) groups excluding carboxylic acids is 1. The van der Waals surface area contributed by atoms with Crippen LogP contribution in [0.5, 0.6) is 11.5 Å². The Balaban J connectivity index is 1.71. The van der Waals surface area contributed by atoms with Crippen molar-refractivity contribution < 1.29 is 14.6 Å². The second kappa shape index (κ2) is 7.72. The molecular formula is C23H24BrNO3. The zero-order valence-electron chi connectivity index (χ0n) is 16.2. The lowest BCUT2D eigenvalue weighted by atomic mass is 9.97. The Morgan fingerprint density at radius 2 is 2.14 bits per heavy atom. The van der Waals surface area contributed by atoms with Crippen molar-refractivity contribution in [1.29, 1.82) is 0 Å². The van der Waals surface area contributed by atoms with Crippen LogP contribution in [0, 0.1) is 6.92 Å². The van der Waals surface area contributed by atoms with Gasteiger partial charge in [0.25, 0.3) is 0 Å². The molecule has 0 amide bonds. The maximum Gasteiger partial charge on any atom is 0.232 e. The molecule has 5 heteroatoms. The number of hydrogen-bond donors (Lipinski definition) is 1. The number of piperidine rings is 1. The van der Waals surface area contributed by atoms with Crippen molar-refractivity contribution in [3.8, 4) is 11.5 Å². The predicted molar refractivity (Wildman–Crippen MR) is 114 cm³/mol. The summed E-state index contributed by atoms with van der Waals surface area (Å²) in [6.07, 6.45) is 5.32. The van der Waals surface area contributed by atoms with Gasteiger partial charge in [-0.05, 0) is 68.6 Å². The van der Waals surface area contributed by atoms with Crippen LogP contribution in [0.4, 0.5) is 0 Å². The summed E-state index contributed by atoms with van der Waals surface area (Å²) in [6, 6.07) is 9.87. The third kappa shape index (κ3) is 3.61. The van der Waals surface area contributed by atoms with E-state index < -0.39 is 0 Å². The topological polar surface area (TPSA) is 49.8 Å². The zero-order valence-corrected chi connectivity index (χ0v) is 17.8. The number of phenolic OH excluding ortho intramolecular Hbond substituents is 1.